The quantitative estimate of drug-likeness (QED) is 0.779. The minimum atomic E-state index is 0.265. The van der Waals surface area contributed by atoms with Crippen LogP contribution in [0.2, 0.25) is 5.28 Å². The van der Waals surface area contributed by atoms with Crippen LogP contribution < -0.4 is 4.74 Å². The van der Waals surface area contributed by atoms with E-state index in [4.69, 9.17) is 16.3 Å². The highest BCUT2D eigenvalue weighted by Crippen LogP contribution is 2.28. The Bertz CT molecular complexity index is 523. The Morgan fingerprint density at radius 1 is 1.12 bits per heavy atom. The Kier molecular flexibility index (Phi) is 2.69. The fourth-order valence-electron chi connectivity index (χ4n) is 1.58. The van der Waals surface area contributed by atoms with Gasteiger partial charge in [0.05, 0.1) is 11.8 Å². The lowest BCUT2D eigenvalue weighted by molar-refractivity contribution is 0.303. The van der Waals surface area contributed by atoms with E-state index in [1.54, 1.807) is 6.20 Å². The number of rotatable bonds is 3. The molecule has 1 aromatic carbocycles. The lowest BCUT2D eigenvalue weighted by Gasteiger charge is -2.05. The lowest BCUT2D eigenvalue weighted by atomic mass is 10.1. The number of aromatic nitrogens is 2. The Balaban J connectivity index is 1.83. The summed E-state index contributed by atoms with van der Waals surface area (Å²) in [5, 5.41) is 0.265. The highest BCUT2D eigenvalue weighted by atomic mass is 35.5. The number of benzene rings is 1. The van der Waals surface area contributed by atoms with Crippen molar-refractivity contribution in [3.63, 3.8) is 0 Å². The Labute approximate surface area is 104 Å². The second-order valence-electron chi connectivity index (χ2n) is 4.05. The fraction of sp³-hybridized carbons (Fsp3) is 0.231. The fourth-order valence-corrected chi connectivity index (χ4v) is 1.73. The van der Waals surface area contributed by atoms with Crippen LogP contribution in [0.1, 0.15) is 12.8 Å². The van der Waals surface area contributed by atoms with Gasteiger partial charge in [-0.1, -0.05) is 0 Å². The number of halogens is 1. The summed E-state index contributed by atoms with van der Waals surface area (Å²) in [6, 6.07) is 9.72. The minimum Gasteiger partial charge on any atom is -0.490 e. The van der Waals surface area contributed by atoms with Gasteiger partial charge in [-0.2, -0.15) is 0 Å². The molecular weight excluding hydrogens is 236 g/mol. The van der Waals surface area contributed by atoms with Crippen LogP contribution in [0, 0.1) is 0 Å². The van der Waals surface area contributed by atoms with Crippen LogP contribution in [0.15, 0.2) is 36.5 Å². The largest absolute Gasteiger partial charge is 0.490 e. The lowest BCUT2D eigenvalue weighted by Crippen LogP contribution is -1.95. The smallest absolute Gasteiger partial charge is 0.222 e. The van der Waals surface area contributed by atoms with Crippen molar-refractivity contribution in [3.8, 4) is 17.0 Å². The van der Waals surface area contributed by atoms with E-state index in [9.17, 15) is 0 Å². The van der Waals surface area contributed by atoms with Gasteiger partial charge >= 0.3 is 0 Å². The molecule has 2 aromatic rings. The van der Waals surface area contributed by atoms with Crippen LogP contribution in [-0.4, -0.2) is 16.1 Å². The second kappa shape index (κ2) is 4.34. The molecule has 0 bridgehead atoms. The summed E-state index contributed by atoms with van der Waals surface area (Å²) in [4.78, 5) is 8.02. The summed E-state index contributed by atoms with van der Waals surface area (Å²) >= 11 is 5.76. The molecule has 0 unspecified atom stereocenters. The van der Waals surface area contributed by atoms with Gasteiger partial charge in [-0.3, -0.25) is 0 Å². The molecule has 0 radical (unpaired) electrons. The molecule has 1 saturated carbocycles. The summed E-state index contributed by atoms with van der Waals surface area (Å²) in [6.07, 6.45) is 4.42. The zero-order chi connectivity index (χ0) is 11.7. The first-order valence-corrected chi connectivity index (χ1v) is 5.95. The van der Waals surface area contributed by atoms with Gasteiger partial charge in [0.2, 0.25) is 5.28 Å². The van der Waals surface area contributed by atoms with E-state index in [0.717, 1.165) is 17.0 Å². The van der Waals surface area contributed by atoms with Crippen LogP contribution in [0.5, 0.6) is 5.75 Å². The Morgan fingerprint density at radius 2 is 1.88 bits per heavy atom. The molecule has 0 atom stereocenters. The number of hydrogen-bond acceptors (Lipinski definition) is 3. The van der Waals surface area contributed by atoms with Crippen molar-refractivity contribution in [1.29, 1.82) is 0 Å². The second-order valence-corrected chi connectivity index (χ2v) is 4.39. The third kappa shape index (κ3) is 2.56. The van der Waals surface area contributed by atoms with E-state index in [0.29, 0.717) is 6.10 Å². The molecule has 0 saturated heterocycles. The summed E-state index contributed by atoms with van der Waals surface area (Å²) in [5.74, 6) is 0.913. The van der Waals surface area contributed by atoms with Crippen LogP contribution in [0.3, 0.4) is 0 Å². The van der Waals surface area contributed by atoms with E-state index in [-0.39, 0.29) is 5.28 Å². The molecule has 86 valence electrons. The Hall–Kier alpha value is -1.61. The van der Waals surface area contributed by atoms with E-state index in [2.05, 4.69) is 9.97 Å². The Morgan fingerprint density at radius 3 is 2.53 bits per heavy atom. The maximum atomic E-state index is 5.76. The van der Waals surface area contributed by atoms with Gasteiger partial charge in [-0.05, 0) is 54.8 Å². The molecule has 17 heavy (non-hydrogen) atoms. The van der Waals surface area contributed by atoms with Crippen molar-refractivity contribution >= 4 is 11.6 Å². The molecule has 0 N–H and O–H groups in total. The molecule has 0 aliphatic heterocycles. The predicted octanol–water partition coefficient (Wildman–Crippen LogP) is 3.34. The zero-order valence-corrected chi connectivity index (χ0v) is 9.89. The van der Waals surface area contributed by atoms with Gasteiger partial charge in [-0.15, -0.1) is 0 Å². The van der Waals surface area contributed by atoms with Crippen LogP contribution in [0.4, 0.5) is 0 Å². The third-order valence-electron chi connectivity index (χ3n) is 2.60. The van der Waals surface area contributed by atoms with Crippen molar-refractivity contribution < 1.29 is 4.74 Å². The van der Waals surface area contributed by atoms with Crippen LogP contribution in [0.25, 0.3) is 11.3 Å². The van der Waals surface area contributed by atoms with E-state index >= 15 is 0 Å². The molecule has 0 amide bonds. The summed E-state index contributed by atoms with van der Waals surface area (Å²) in [5.41, 5.74) is 1.83. The molecule has 1 fully saturated rings. The van der Waals surface area contributed by atoms with Crippen molar-refractivity contribution in [2.24, 2.45) is 0 Å². The summed E-state index contributed by atoms with van der Waals surface area (Å²) in [7, 11) is 0. The molecule has 1 aromatic heterocycles. The van der Waals surface area contributed by atoms with Crippen LogP contribution in [-0.2, 0) is 0 Å². The van der Waals surface area contributed by atoms with Gasteiger partial charge in [0.15, 0.2) is 0 Å². The average Bonchev–Trinajstić information content (AvgIpc) is 3.14. The SMILES string of the molecule is Clc1nccc(-c2ccc(OC3CC3)cc2)n1. The van der Waals surface area contributed by atoms with Crippen molar-refractivity contribution in [2.45, 2.75) is 18.9 Å². The number of nitrogens with zero attached hydrogens (tertiary/aromatic N) is 2. The van der Waals surface area contributed by atoms with Gasteiger partial charge in [0, 0.05) is 11.8 Å². The molecular formula is C13H11ClN2O. The van der Waals surface area contributed by atoms with Crippen molar-refractivity contribution in [1.82, 2.24) is 9.97 Å². The van der Waals surface area contributed by atoms with Crippen LogP contribution >= 0.6 is 11.6 Å². The first-order chi connectivity index (χ1) is 8.31. The molecule has 0 spiro atoms. The van der Waals surface area contributed by atoms with Gasteiger partial charge in [0.25, 0.3) is 0 Å². The zero-order valence-electron chi connectivity index (χ0n) is 9.14. The maximum absolute atomic E-state index is 5.76. The third-order valence-corrected chi connectivity index (χ3v) is 2.79. The number of ether oxygens (including phenoxy) is 1. The van der Waals surface area contributed by atoms with Crippen molar-refractivity contribution in [2.75, 3.05) is 0 Å². The van der Waals surface area contributed by atoms with Gasteiger partial charge < -0.3 is 4.74 Å². The van der Waals surface area contributed by atoms with E-state index in [1.807, 2.05) is 30.3 Å². The first-order valence-electron chi connectivity index (χ1n) is 5.57. The molecule has 1 aliphatic rings. The minimum absolute atomic E-state index is 0.265. The molecule has 4 heteroatoms. The molecule has 1 heterocycles. The van der Waals surface area contributed by atoms with Gasteiger partial charge in [0.1, 0.15) is 5.75 Å². The van der Waals surface area contributed by atoms with E-state index < -0.39 is 0 Å². The summed E-state index contributed by atoms with van der Waals surface area (Å²) in [6.45, 7) is 0. The van der Waals surface area contributed by atoms with E-state index in [1.165, 1.54) is 12.8 Å². The highest BCUT2D eigenvalue weighted by molar-refractivity contribution is 6.28. The maximum Gasteiger partial charge on any atom is 0.222 e. The molecule has 1 aliphatic carbocycles. The molecule has 3 rings (SSSR count). The van der Waals surface area contributed by atoms with Gasteiger partial charge in [-0.25, -0.2) is 9.97 Å². The monoisotopic (exact) mass is 246 g/mol. The normalized spacial score (nSPS) is 14.6. The van der Waals surface area contributed by atoms with Crippen molar-refractivity contribution in [3.05, 3.63) is 41.8 Å². The molecule has 3 nitrogen and oxygen atoms in total. The topological polar surface area (TPSA) is 35.0 Å². The average molecular weight is 247 g/mol. The summed E-state index contributed by atoms with van der Waals surface area (Å²) < 4.78 is 5.68. The predicted molar refractivity (Wildman–Crippen MR) is 66.1 cm³/mol. The highest BCUT2D eigenvalue weighted by Gasteiger charge is 2.23. The standard InChI is InChI=1S/C13H11ClN2O/c14-13-15-8-7-12(16-13)9-1-3-10(4-2-9)17-11-5-6-11/h1-4,7-8,11H,5-6H2. The first kappa shape index (κ1) is 10.5. The number of hydrogen-bond donors (Lipinski definition) is 0.